The molecule has 3 nitrogen and oxygen atoms in total. The number of sulfonamides is 1. The van der Waals surface area contributed by atoms with E-state index >= 15 is 0 Å². The molecule has 0 radical (unpaired) electrons. The van der Waals surface area contributed by atoms with Crippen LogP contribution in [0.1, 0.15) is 18.9 Å². The average molecular weight is 334 g/mol. The summed E-state index contributed by atoms with van der Waals surface area (Å²) in [6.45, 7) is 2.56. The quantitative estimate of drug-likeness (QED) is 0.743. The van der Waals surface area contributed by atoms with Gasteiger partial charge in [0.05, 0.1) is 5.75 Å². The summed E-state index contributed by atoms with van der Waals surface area (Å²) in [5.74, 6) is 0.508. The zero-order chi connectivity index (χ0) is 13.4. The maximum Gasteiger partial charge on any atom is 0.211 e. The van der Waals surface area contributed by atoms with Gasteiger partial charge >= 0.3 is 0 Å². The van der Waals surface area contributed by atoms with Crippen molar-refractivity contribution in [3.8, 4) is 0 Å². The predicted octanol–water partition coefficient (Wildman–Crippen LogP) is 2.57. The molecule has 1 unspecified atom stereocenters. The van der Waals surface area contributed by atoms with E-state index in [-0.39, 0.29) is 5.75 Å². The van der Waals surface area contributed by atoms with Gasteiger partial charge in [-0.3, -0.25) is 0 Å². The summed E-state index contributed by atoms with van der Waals surface area (Å²) >= 11 is 3.35. The molecule has 0 aliphatic rings. The predicted molar refractivity (Wildman–Crippen MR) is 79.5 cm³/mol. The number of halogens is 1. The Kier molecular flexibility index (Phi) is 6.89. The Labute approximate surface area is 118 Å². The molecule has 0 aliphatic carbocycles. The standard InChI is InChI=1S/C13H20BrNO2S/c1-12(7-9-14)11-15-18(16,17)10-8-13-5-3-2-4-6-13/h2-6,12,15H,7-11H2,1H3. The SMILES string of the molecule is CC(CCBr)CNS(=O)(=O)CCc1ccccc1. The minimum Gasteiger partial charge on any atom is -0.215 e. The summed E-state index contributed by atoms with van der Waals surface area (Å²) in [7, 11) is -3.16. The zero-order valence-electron chi connectivity index (χ0n) is 10.6. The van der Waals surface area contributed by atoms with Crippen LogP contribution in [-0.4, -0.2) is 26.0 Å². The van der Waals surface area contributed by atoms with Crippen LogP contribution in [0.25, 0.3) is 0 Å². The molecule has 18 heavy (non-hydrogen) atoms. The average Bonchev–Trinajstić information content (AvgIpc) is 2.36. The molecule has 0 aliphatic heterocycles. The molecule has 0 bridgehead atoms. The Bertz CT molecular complexity index is 434. The molecule has 1 atom stereocenters. The van der Waals surface area contributed by atoms with Crippen molar-refractivity contribution in [2.24, 2.45) is 5.92 Å². The van der Waals surface area contributed by atoms with E-state index in [0.717, 1.165) is 17.3 Å². The highest BCUT2D eigenvalue weighted by Crippen LogP contribution is 2.05. The van der Waals surface area contributed by atoms with Gasteiger partial charge in [0.15, 0.2) is 0 Å². The molecule has 1 rings (SSSR count). The van der Waals surface area contributed by atoms with E-state index < -0.39 is 10.0 Å². The van der Waals surface area contributed by atoms with Crippen molar-refractivity contribution >= 4 is 26.0 Å². The van der Waals surface area contributed by atoms with Gasteiger partial charge in [-0.2, -0.15) is 0 Å². The molecule has 1 N–H and O–H groups in total. The van der Waals surface area contributed by atoms with Crippen LogP contribution in [0.4, 0.5) is 0 Å². The summed E-state index contributed by atoms with van der Waals surface area (Å²) in [6, 6.07) is 9.67. The highest BCUT2D eigenvalue weighted by molar-refractivity contribution is 9.09. The molecular weight excluding hydrogens is 314 g/mol. The van der Waals surface area contributed by atoms with E-state index in [2.05, 4.69) is 20.7 Å². The Balaban J connectivity index is 2.36. The lowest BCUT2D eigenvalue weighted by molar-refractivity contribution is 0.531. The fourth-order valence-electron chi connectivity index (χ4n) is 1.53. The number of alkyl halides is 1. The molecule has 0 amide bonds. The van der Waals surface area contributed by atoms with E-state index in [1.54, 1.807) is 0 Å². The molecule has 5 heteroatoms. The van der Waals surface area contributed by atoms with E-state index in [9.17, 15) is 8.42 Å². The number of rotatable bonds is 8. The van der Waals surface area contributed by atoms with E-state index in [1.165, 1.54) is 0 Å². The van der Waals surface area contributed by atoms with Gasteiger partial charge in [0.25, 0.3) is 0 Å². The maximum atomic E-state index is 11.8. The molecule has 0 aromatic heterocycles. The third-order valence-corrected chi connectivity index (χ3v) is 4.56. The van der Waals surface area contributed by atoms with Crippen molar-refractivity contribution in [1.82, 2.24) is 4.72 Å². The van der Waals surface area contributed by atoms with Gasteiger partial charge in [-0.15, -0.1) is 0 Å². The van der Waals surface area contributed by atoms with Crippen molar-refractivity contribution in [1.29, 1.82) is 0 Å². The lowest BCUT2D eigenvalue weighted by Gasteiger charge is -2.11. The van der Waals surface area contributed by atoms with Crippen molar-refractivity contribution in [2.75, 3.05) is 17.6 Å². The van der Waals surface area contributed by atoms with E-state index in [0.29, 0.717) is 18.9 Å². The smallest absolute Gasteiger partial charge is 0.211 e. The normalized spacial score (nSPS) is 13.4. The third kappa shape index (κ3) is 6.52. The van der Waals surface area contributed by atoms with Gasteiger partial charge in [-0.1, -0.05) is 53.2 Å². The Morgan fingerprint density at radius 2 is 1.94 bits per heavy atom. The van der Waals surface area contributed by atoms with Crippen LogP contribution in [0.3, 0.4) is 0 Å². The largest absolute Gasteiger partial charge is 0.215 e. The van der Waals surface area contributed by atoms with E-state index in [4.69, 9.17) is 0 Å². The first-order chi connectivity index (χ1) is 8.53. The Hall–Kier alpha value is -0.390. The Morgan fingerprint density at radius 3 is 2.56 bits per heavy atom. The molecule has 0 fully saturated rings. The van der Waals surface area contributed by atoms with Crippen LogP contribution in [0.5, 0.6) is 0 Å². The van der Waals surface area contributed by atoms with Gasteiger partial charge < -0.3 is 0 Å². The highest BCUT2D eigenvalue weighted by Gasteiger charge is 2.11. The van der Waals surface area contributed by atoms with E-state index in [1.807, 2.05) is 37.3 Å². The zero-order valence-corrected chi connectivity index (χ0v) is 13.0. The van der Waals surface area contributed by atoms with Gasteiger partial charge in [0.2, 0.25) is 10.0 Å². The van der Waals surface area contributed by atoms with Crippen LogP contribution >= 0.6 is 15.9 Å². The Morgan fingerprint density at radius 1 is 1.28 bits per heavy atom. The van der Waals surface area contributed by atoms with Crippen LogP contribution < -0.4 is 4.72 Å². The fraction of sp³-hybridized carbons (Fsp3) is 0.538. The number of benzene rings is 1. The molecule has 0 spiro atoms. The minimum absolute atomic E-state index is 0.151. The number of aryl methyl sites for hydroxylation is 1. The fourth-order valence-corrected chi connectivity index (χ4v) is 3.50. The molecule has 0 saturated heterocycles. The van der Waals surface area contributed by atoms with Gasteiger partial charge in [-0.25, -0.2) is 13.1 Å². The summed E-state index contributed by atoms with van der Waals surface area (Å²) in [6.07, 6.45) is 1.53. The minimum atomic E-state index is -3.16. The molecule has 1 aromatic rings. The maximum absolute atomic E-state index is 11.8. The van der Waals surface area contributed by atoms with Crippen LogP contribution in [0, 0.1) is 5.92 Å². The lowest BCUT2D eigenvalue weighted by Crippen LogP contribution is -2.31. The van der Waals surface area contributed by atoms with Gasteiger partial charge in [-0.05, 0) is 24.3 Å². The van der Waals surface area contributed by atoms with Gasteiger partial charge in [0, 0.05) is 11.9 Å². The second-order valence-corrected chi connectivity index (χ2v) is 7.21. The number of hydrogen-bond acceptors (Lipinski definition) is 2. The van der Waals surface area contributed by atoms with Crippen molar-refractivity contribution in [3.05, 3.63) is 35.9 Å². The molecule has 0 heterocycles. The van der Waals surface area contributed by atoms with Crippen molar-refractivity contribution in [2.45, 2.75) is 19.8 Å². The second kappa shape index (κ2) is 7.92. The van der Waals surface area contributed by atoms with Crippen molar-refractivity contribution in [3.63, 3.8) is 0 Å². The first kappa shape index (κ1) is 15.7. The highest BCUT2D eigenvalue weighted by atomic mass is 79.9. The first-order valence-electron chi connectivity index (χ1n) is 6.11. The summed E-state index contributed by atoms with van der Waals surface area (Å²) in [5.41, 5.74) is 1.05. The number of nitrogens with one attached hydrogen (secondary N) is 1. The molecule has 0 saturated carbocycles. The van der Waals surface area contributed by atoms with Crippen LogP contribution in [0.15, 0.2) is 30.3 Å². The summed E-state index contributed by atoms with van der Waals surface area (Å²) < 4.78 is 26.2. The second-order valence-electron chi connectivity index (χ2n) is 4.49. The summed E-state index contributed by atoms with van der Waals surface area (Å²) in [5, 5.41) is 0.903. The van der Waals surface area contributed by atoms with Crippen LogP contribution in [-0.2, 0) is 16.4 Å². The molecular formula is C13H20BrNO2S. The van der Waals surface area contributed by atoms with Gasteiger partial charge in [0.1, 0.15) is 0 Å². The summed E-state index contributed by atoms with van der Waals surface area (Å²) in [4.78, 5) is 0. The number of hydrogen-bond donors (Lipinski definition) is 1. The van der Waals surface area contributed by atoms with Crippen LogP contribution in [0.2, 0.25) is 0 Å². The molecule has 1 aromatic carbocycles. The first-order valence-corrected chi connectivity index (χ1v) is 8.88. The topological polar surface area (TPSA) is 46.2 Å². The monoisotopic (exact) mass is 333 g/mol. The lowest BCUT2D eigenvalue weighted by atomic mass is 10.1. The third-order valence-electron chi connectivity index (χ3n) is 2.76. The van der Waals surface area contributed by atoms with Crippen molar-refractivity contribution < 1.29 is 8.42 Å². The molecule has 102 valence electrons.